The summed E-state index contributed by atoms with van der Waals surface area (Å²) < 4.78 is 0. The van der Waals surface area contributed by atoms with Gasteiger partial charge in [0.2, 0.25) is 5.91 Å². The van der Waals surface area contributed by atoms with E-state index in [-0.39, 0.29) is 11.9 Å². The number of piperidine rings is 1. The topological polar surface area (TPSA) is 45.2 Å². The molecule has 1 saturated heterocycles. The van der Waals surface area contributed by atoms with Gasteiger partial charge >= 0.3 is 0 Å². The first kappa shape index (κ1) is 13.0. The lowest BCUT2D eigenvalue weighted by Gasteiger charge is -2.27. The summed E-state index contributed by atoms with van der Waals surface area (Å²) in [6, 6.07) is 4.13. The van der Waals surface area contributed by atoms with E-state index in [1.807, 2.05) is 17.0 Å². The van der Waals surface area contributed by atoms with Gasteiger partial charge in [-0.15, -0.1) is 0 Å². The Balaban J connectivity index is 1.78. The fourth-order valence-corrected chi connectivity index (χ4v) is 2.27. The van der Waals surface area contributed by atoms with Crippen LogP contribution >= 0.6 is 0 Å². The molecule has 0 saturated carbocycles. The van der Waals surface area contributed by atoms with Crippen LogP contribution < -0.4 is 5.32 Å². The van der Waals surface area contributed by atoms with Gasteiger partial charge < -0.3 is 10.2 Å². The molecule has 0 bridgehead atoms. The molecule has 0 aliphatic carbocycles. The highest BCUT2D eigenvalue weighted by Gasteiger charge is 2.16. The lowest BCUT2D eigenvalue weighted by atomic mass is 10.1. The number of rotatable bonds is 4. The molecule has 1 aromatic heterocycles. The molecule has 1 amide bonds. The third-order valence-electron chi connectivity index (χ3n) is 3.47. The molecular weight excluding hydrogens is 226 g/mol. The number of pyridine rings is 1. The van der Waals surface area contributed by atoms with Gasteiger partial charge in [0, 0.05) is 31.5 Å². The summed E-state index contributed by atoms with van der Waals surface area (Å²) in [4.78, 5) is 17.9. The van der Waals surface area contributed by atoms with Crippen molar-refractivity contribution < 1.29 is 4.79 Å². The summed E-state index contributed by atoms with van der Waals surface area (Å²) in [5.74, 6) is 0.218. The number of nitrogens with one attached hydrogen (secondary N) is 1. The Bertz CT molecular complexity index is 374. The molecule has 0 unspecified atom stereocenters. The van der Waals surface area contributed by atoms with Crippen LogP contribution in [0, 0.1) is 0 Å². The summed E-state index contributed by atoms with van der Waals surface area (Å²) in [6.45, 7) is 4.33. The van der Waals surface area contributed by atoms with Crippen LogP contribution in [0.5, 0.6) is 0 Å². The molecule has 0 spiro atoms. The Morgan fingerprint density at radius 2 is 2.00 bits per heavy atom. The standard InChI is InChI=1S/C14H21N3O/c1-12(13-5-7-15-8-6-13)16-11-14(18)17-9-3-2-4-10-17/h5-8,12,16H,2-4,9-11H2,1H3/t12-/m0/s1. The van der Waals surface area contributed by atoms with Gasteiger partial charge in [0.15, 0.2) is 0 Å². The second-order valence-electron chi connectivity index (χ2n) is 4.82. The van der Waals surface area contributed by atoms with Crippen molar-refractivity contribution >= 4 is 5.91 Å². The van der Waals surface area contributed by atoms with E-state index in [0.717, 1.165) is 31.5 Å². The summed E-state index contributed by atoms with van der Waals surface area (Å²) in [7, 11) is 0. The number of hydrogen-bond donors (Lipinski definition) is 1. The van der Waals surface area contributed by atoms with Gasteiger partial charge in [-0.25, -0.2) is 0 Å². The van der Waals surface area contributed by atoms with Crippen molar-refractivity contribution in [3.05, 3.63) is 30.1 Å². The van der Waals surface area contributed by atoms with Crippen molar-refractivity contribution in [3.8, 4) is 0 Å². The number of carbonyl (C=O) groups excluding carboxylic acids is 1. The first-order valence-corrected chi connectivity index (χ1v) is 6.68. The average Bonchev–Trinajstić information content (AvgIpc) is 2.46. The first-order valence-electron chi connectivity index (χ1n) is 6.68. The van der Waals surface area contributed by atoms with Crippen molar-refractivity contribution in [2.45, 2.75) is 32.2 Å². The molecule has 2 heterocycles. The number of amides is 1. The van der Waals surface area contributed by atoms with Crippen LogP contribution in [0.25, 0.3) is 0 Å². The third kappa shape index (κ3) is 3.53. The fraction of sp³-hybridized carbons (Fsp3) is 0.571. The Morgan fingerprint density at radius 1 is 1.33 bits per heavy atom. The van der Waals surface area contributed by atoms with E-state index in [0.29, 0.717) is 6.54 Å². The summed E-state index contributed by atoms with van der Waals surface area (Å²) in [6.07, 6.45) is 7.10. The molecule has 1 aliphatic rings. The smallest absolute Gasteiger partial charge is 0.236 e. The molecule has 1 N–H and O–H groups in total. The van der Waals surface area contributed by atoms with Crippen molar-refractivity contribution in [1.82, 2.24) is 15.2 Å². The van der Waals surface area contributed by atoms with Gasteiger partial charge in [0.1, 0.15) is 0 Å². The van der Waals surface area contributed by atoms with E-state index in [2.05, 4.69) is 17.2 Å². The van der Waals surface area contributed by atoms with Crippen molar-refractivity contribution in [2.75, 3.05) is 19.6 Å². The molecule has 1 atom stereocenters. The maximum absolute atomic E-state index is 12.0. The van der Waals surface area contributed by atoms with Gasteiger partial charge in [0.05, 0.1) is 6.54 Å². The van der Waals surface area contributed by atoms with E-state index in [1.54, 1.807) is 12.4 Å². The van der Waals surface area contributed by atoms with Crippen LogP contribution in [0.3, 0.4) is 0 Å². The normalized spacial score (nSPS) is 17.5. The summed E-state index contributed by atoms with van der Waals surface area (Å²) >= 11 is 0. The Hall–Kier alpha value is -1.42. The molecule has 0 aromatic carbocycles. The maximum Gasteiger partial charge on any atom is 0.236 e. The molecule has 18 heavy (non-hydrogen) atoms. The Labute approximate surface area is 108 Å². The molecule has 1 aromatic rings. The first-order chi connectivity index (χ1) is 8.77. The molecule has 98 valence electrons. The number of likely N-dealkylation sites (tertiary alicyclic amines) is 1. The van der Waals surface area contributed by atoms with Crippen molar-refractivity contribution in [1.29, 1.82) is 0 Å². The van der Waals surface area contributed by atoms with Crippen molar-refractivity contribution in [2.24, 2.45) is 0 Å². The zero-order chi connectivity index (χ0) is 12.8. The Kier molecular flexibility index (Phi) is 4.70. The zero-order valence-corrected chi connectivity index (χ0v) is 10.9. The van der Waals surface area contributed by atoms with E-state index in [9.17, 15) is 4.79 Å². The highest BCUT2D eigenvalue weighted by Crippen LogP contribution is 2.11. The SMILES string of the molecule is C[C@H](NCC(=O)N1CCCCC1)c1ccncc1. The van der Waals surface area contributed by atoms with Gasteiger partial charge in [-0.05, 0) is 43.9 Å². The second kappa shape index (κ2) is 6.50. The van der Waals surface area contributed by atoms with E-state index in [4.69, 9.17) is 0 Å². The predicted octanol–water partition coefficient (Wildman–Crippen LogP) is 1.74. The monoisotopic (exact) mass is 247 g/mol. The number of aromatic nitrogens is 1. The molecular formula is C14H21N3O. The molecule has 4 heteroatoms. The van der Waals surface area contributed by atoms with Gasteiger partial charge in [0.25, 0.3) is 0 Å². The summed E-state index contributed by atoms with van der Waals surface area (Å²) in [5.41, 5.74) is 1.16. The lowest BCUT2D eigenvalue weighted by molar-refractivity contribution is -0.131. The minimum absolute atomic E-state index is 0.182. The third-order valence-corrected chi connectivity index (χ3v) is 3.47. The predicted molar refractivity (Wildman–Crippen MR) is 71.1 cm³/mol. The number of carbonyl (C=O) groups is 1. The van der Waals surface area contributed by atoms with Crippen LogP contribution in [0.2, 0.25) is 0 Å². The minimum Gasteiger partial charge on any atom is -0.342 e. The minimum atomic E-state index is 0.182. The van der Waals surface area contributed by atoms with Crippen LogP contribution in [-0.2, 0) is 4.79 Å². The van der Waals surface area contributed by atoms with Crippen LogP contribution in [0.15, 0.2) is 24.5 Å². The highest BCUT2D eigenvalue weighted by atomic mass is 16.2. The van der Waals surface area contributed by atoms with E-state index >= 15 is 0 Å². The largest absolute Gasteiger partial charge is 0.342 e. The fourth-order valence-electron chi connectivity index (χ4n) is 2.27. The molecule has 1 fully saturated rings. The lowest BCUT2D eigenvalue weighted by Crippen LogP contribution is -2.41. The summed E-state index contributed by atoms with van der Waals surface area (Å²) in [5, 5.41) is 3.28. The van der Waals surface area contributed by atoms with E-state index in [1.165, 1.54) is 6.42 Å². The van der Waals surface area contributed by atoms with E-state index < -0.39 is 0 Å². The molecule has 4 nitrogen and oxygen atoms in total. The van der Waals surface area contributed by atoms with Crippen LogP contribution in [0.1, 0.15) is 37.8 Å². The molecule has 2 rings (SSSR count). The number of nitrogens with zero attached hydrogens (tertiary/aromatic N) is 2. The highest BCUT2D eigenvalue weighted by molar-refractivity contribution is 5.78. The zero-order valence-electron chi connectivity index (χ0n) is 10.9. The quantitative estimate of drug-likeness (QED) is 0.881. The molecule has 0 radical (unpaired) electrons. The van der Waals surface area contributed by atoms with Crippen LogP contribution in [-0.4, -0.2) is 35.4 Å². The van der Waals surface area contributed by atoms with Crippen LogP contribution in [0.4, 0.5) is 0 Å². The second-order valence-corrected chi connectivity index (χ2v) is 4.82. The number of hydrogen-bond acceptors (Lipinski definition) is 3. The van der Waals surface area contributed by atoms with Crippen molar-refractivity contribution in [3.63, 3.8) is 0 Å². The molecule has 1 aliphatic heterocycles. The van der Waals surface area contributed by atoms with Gasteiger partial charge in [-0.1, -0.05) is 0 Å². The van der Waals surface area contributed by atoms with Gasteiger partial charge in [-0.3, -0.25) is 9.78 Å². The maximum atomic E-state index is 12.0. The van der Waals surface area contributed by atoms with Gasteiger partial charge in [-0.2, -0.15) is 0 Å². The average molecular weight is 247 g/mol. The Morgan fingerprint density at radius 3 is 2.67 bits per heavy atom.